The first-order valence-corrected chi connectivity index (χ1v) is 3.53. The van der Waals surface area contributed by atoms with E-state index in [1.54, 1.807) is 13.8 Å². The maximum Gasteiger partial charge on any atom is 0.449 e. The molecule has 0 fully saturated rings. The molecular formula is C7H9F3N2. The van der Waals surface area contributed by atoms with Crippen LogP contribution in [-0.2, 0) is 6.18 Å². The molecule has 2 nitrogen and oxygen atoms in total. The van der Waals surface area contributed by atoms with Gasteiger partial charge in [-0.05, 0) is 5.92 Å². The van der Waals surface area contributed by atoms with E-state index in [1.165, 1.54) is 6.20 Å². The summed E-state index contributed by atoms with van der Waals surface area (Å²) in [6.45, 7) is 3.60. The molecule has 0 aromatic carbocycles. The van der Waals surface area contributed by atoms with E-state index in [1.807, 2.05) is 0 Å². The van der Waals surface area contributed by atoms with Crippen LogP contribution in [0.4, 0.5) is 13.2 Å². The molecule has 68 valence electrons. The third kappa shape index (κ3) is 1.78. The first-order valence-electron chi connectivity index (χ1n) is 3.53. The van der Waals surface area contributed by atoms with Crippen molar-refractivity contribution in [3.05, 3.63) is 17.7 Å². The van der Waals surface area contributed by atoms with Crippen molar-refractivity contribution in [3.63, 3.8) is 0 Å². The van der Waals surface area contributed by atoms with Gasteiger partial charge in [0.15, 0.2) is 0 Å². The van der Waals surface area contributed by atoms with Gasteiger partial charge in [-0.25, -0.2) is 4.98 Å². The second-order valence-corrected chi connectivity index (χ2v) is 2.84. The maximum atomic E-state index is 12.0. The van der Waals surface area contributed by atoms with Crippen LogP contribution in [0.2, 0.25) is 0 Å². The molecule has 1 rings (SSSR count). The molecule has 0 atom stereocenters. The van der Waals surface area contributed by atoms with E-state index < -0.39 is 12.0 Å². The third-order valence-electron chi connectivity index (χ3n) is 1.49. The van der Waals surface area contributed by atoms with E-state index in [9.17, 15) is 13.2 Å². The molecule has 0 aliphatic carbocycles. The molecule has 1 N–H and O–H groups in total. The van der Waals surface area contributed by atoms with Crippen molar-refractivity contribution in [2.45, 2.75) is 25.9 Å². The SMILES string of the molecule is CC(C)c1cnc(C(F)(F)F)[nH]1. The minimum absolute atomic E-state index is 0.0357. The van der Waals surface area contributed by atoms with Crippen LogP contribution in [0.15, 0.2) is 6.20 Å². The average molecular weight is 178 g/mol. The molecule has 0 radical (unpaired) electrons. The van der Waals surface area contributed by atoms with Crippen molar-refractivity contribution in [2.24, 2.45) is 0 Å². The summed E-state index contributed by atoms with van der Waals surface area (Å²) < 4.78 is 35.9. The number of imidazole rings is 1. The molecule has 1 aromatic heterocycles. The Balaban J connectivity index is 2.92. The van der Waals surface area contributed by atoms with Gasteiger partial charge in [-0.15, -0.1) is 0 Å². The Morgan fingerprint density at radius 1 is 1.42 bits per heavy atom. The summed E-state index contributed by atoms with van der Waals surface area (Å²) in [4.78, 5) is 5.44. The smallest absolute Gasteiger partial charge is 0.338 e. The van der Waals surface area contributed by atoms with Crippen LogP contribution in [0, 0.1) is 0 Å². The number of nitrogens with zero attached hydrogens (tertiary/aromatic N) is 1. The van der Waals surface area contributed by atoms with E-state index in [-0.39, 0.29) is 5.92 Å². The summed E-state index contributed by atoms with van der Waals surface area (Å²) in [5, 5.41) is 0. The molecule has 0 bridgehead atoms. The van der Waals surface area contributed by atoms with Crippen LogP contribution in [0.25, 0.3) is 0 Å². The highest BCUT2D eigenvalue weighted by Gasteiger charge is 2.34. The zero-order valence-corrected chi connectivity index (χ0v) is 6.74. The minimum atomic E-state index is -4.37. The summed E-state index contributed by atoms with van der Waals surface area (Å²) in [5.74, 6) is -0.889. The average Bonchev–Trinajstić information content (AvgIpc) is 2.30. The Morgan fingerprint density at radius 2 is 2.00 bits per heavy atom. The normalized spacial score (nSPS) is 12.5. The zero-order valence-electron chi connectivity index (χ0n) is 6.74. The summed E-state index contributed by atoms with van der Waals surface area (Å²) in [6, 6.07) is 0. The zero-order chi connectivity index (χ0) is 9.35. The molecule has 0 aliphatic rings. The Bertz CT molecular complexity index is 262. The van der Waals surface area contributed by atoms with Crippen LogP contribution in [0.1, 0.15) is 31.3 Å². The maximum absolute atomic E-state index is 12.0. The van der Waals surface area contributed by atoms with Gasteiger partial charge < -0.3 is 4.98 Å². The lowest BCUT2D eigenvalue weighted by Gasteiger charge is -2.01. The van der Waals surface area contributed by atoms with Crippen molar-refractivity contribution in [3.8, 4) is 0 Å². The fourth-order valence-corrected chi connectivity index (χ4v) is 0.773. The number of nitrogens with one attached hydrogen (secondary N) is 1. The third-order valence-corrected chi connectivity index (χ3v) is 1.49. The predicted octanol–water partition coefficient (Wildman–Crippen LogP) is 2.55. The molecule has 0 saturated heterocycles. The van der Waals surface area contributed by atoms with Crippen molar-refractivity contribution in [1.82, 2.24) is 9.97 Å². The topological polar surface area (TPSA) is 28.7 Å². The fourth-order valence-electron chi connectivity index (χ4n) is 0.773. The second kappa shape index (κ2) is 2.80. The van der Waals surface area contributed by atoms with E-state index in [2.05, 4.69) is 9.97 Å². The molecule has 0 aliphatic heterocycles. The van der Waals surface area contributed by atoms with Crippen molar-refractivity contribution in [2.75, 3.05) is 0 Å². The van der Waals surface area contributed by atoms with E-state index >= 15 is 0 Å². The lowest BCUT2D eigenvalue weighted by atomic mass is 10.2. The molecule has 0 spiro atoms. The quantitative estimate of drug-likeness (QED) is 0.703. The van der Waals surface area contributed by atoms with Gasteiger partial charge in [-0.2, -0.15) is 13.2 Å². The first kappa shape index (κ1) is 9.09. The lowest BCUT2D eigenvalue weighted by Crippen LogP contribution is -2.07. The van der Waals surface area contributed by atoms with Crippen LogP contribution in [0.3, 0.4) is 0 Å². The van der Waals surface area contributed by atoms with E-state index in [4.69, 9.17) is 0 Å². The van der Waals surface area contributed by atoms with Gasteiger partial charge in [0.25, 0.3) is 0 Å². The van der Waals surface area contributed by atoms with Crippen LogP contribution < -0.4 is 0 Å². The number of halogens is 3. The number of hydrogen-bond acceptors (Lipinski definition) is 1. The Kier molecular flexibility index (Phi) is 2.12. The molecule has 12 heavy (non-hydrogen) atoms. The highest BCUT2D eigenvalue weighted by Crippen LogP contribution is 2.27. The number of aromatic nitrogens is 2. The summed E-state index contributed by atoms with van der Waals surface area (Å²) >= 11 is 0. The monoisotopic (exact) mass is 178 g/mol. The van der Waals surface area contributed by atoms with Gasteiger partial charge >= 0.3 is 6.18 Å². The second-order valence-electron chi connectivity index (χ2n) is 2.84. The summed E-state index contributed by atoms with van der Waals surface area (Å²) in [7, 11) is 0. The lowest BCUT2D eigenvalue weighted by molar-refractivity contribution is -0.144. The molecule has 0 unspecified atom stereocenters. The number of aromatic amines is 1. The number of rotatable bonds is 1. The van der Waals surface area contributed by atoms with Crippen molar-refractivity contribution < 1.29 is 13.2 Å². The van der Waals surface area contributed by atoms with Crippen LogP contribution in [0.5, 0.6) is 0 Å². The van der Waals surface area contributed by atoms with Gasteiger partial charge in [0.2, 0.25) is 5.82 Å². The molecule has 1 heterocycles. The number of hydrogen-bond donors (Lipinski definition) is 1. The summed E-state index contributed by atoms with van der Waals surface area (Å²) in [5.41, 5.74) is 0.502. The van der Waals surface area contributed by atoms with Gasteiger partial charge in [0, 0.05) is 11.9 Å². The van der Waals surface area contributed by atoms with Crippen LogP contribution >= 0.6 is 0 Å². The molecule has 5 heteroatoms. The van der Waals surface area contributed by atoms with Gasteiger partial charge in [-0.1, -0.05) is 13.8 Å². The molecule has 0 amide bonds. The predicted molar refractivity (Wildman–Crippen MR) is 37.7 cm³/mol. The van der Waals surface area contributed by atoms with E-state index in [0.29, 0.717) is 5.69 Å². The first-order chi connectivity index (χ1) is 5.41. The largest absolute Gasteiger partial charge is 0.449 e. The molecule has 1 aromatic rings. The van der Waals surface area contributed by atoms with Gasteiger partial charge in [0.05, 0.1) is 0 Å². The minimum Gasteiger partial charge on any atom is -0.338 e. The number of alkyl halides is 3. The number of H-pyrrole nitrogens is 1. The van der Waals surface area contributed by atoms with Gasteiger partial charge in [0.1, 0.15) is 0 Å². The summed E-state index contributed by atoms with van der Waals surface area (Å²) in [6.07, 6.45) is -3.15. The standard InChI is InChI=1S/C7H9F3N2/c1-4(2)5-3-11-6(12-5)7(8,9)10/h3-4H,1-2H3,(H,11,12). The van der Waals surface area contributed by atoms with Crippen molar-refractivity contribution in [1.29, 1.82) is 0 Å². The van der Waals surface area contributed by atoms with Crippen molar-refractivity contribution >= 4 is 0 Å². The Hall–Kier alpha value is -1.00. The van der Waals surface area contributed by atoms with Gasteiger partial charge in [-0.3, -0.25) is 0 Å². The molecule has 0 saturated carbocycles. The highest BCUT2D eigenvalue weighted by atomic mass is 19.4. The molecular weight excluding hydrogens is 169 g/mol. The Labute approximate surface area is 67.8 Å². The van der Waals surface area contributed by atoms with E-state index in [0.717, 1.165) is 0 Å². The Morgan fingerprint density at radius 3 is 2.25 bits per heavy atom. The fraction of sp³-hybridized carbons (Fsp3) is 0.571. The van der Waals surface area contributed by atoms with Crippen LogP contribution in [-0.4, -0.2) is 9.97 Å². The highest BCUT2D eigenvalue weighted by molar-refractivity contribution is 5.07.